The van der Waals surface area contributed by atoms with E-state index < -0.39 is 12.0 Å². The Kier molecular flexibility index (Phi) is 6.54. The van der Waals surface area contributed by atoms with Crippen molar-refractivity contribution in [3.05, 3.63) is 29.3 Å². The van der Waals surface area contributed by atoms with Crippen LogP contribution in [0.4, 0.5) is 0 Å². The summed E-state index contributed by atoms with van der Waals surface area (Å²) in [7, 11) is 0. The zero-order chi connectivity index (χ0) is 15.9. The largest absolute Gasteiger partial charge is 0.480 e. The molecule has 22 heavy (non-hydrogen) atoms. The van der Waals surface area contributed by atoms with Gasteiger partial charge < -0.3 is 15.2 Å². The third-order valence-electron chi connectivity index (χ3n) is 3.44. The number of carbonyl (C=O) groups is 2. The first-order valence-electron chi connectivity index (χ1n) is 7.05. The molecule has 0 saturated carbocycles. The lowest BCUT2D eigenvalue weighted by Crippen LogP contribution is -2.48. The van der Waals surface area contributed by atoms with Gasteiger partial charge in [0.2, 0.25) is 5.91 Å². The second kappa shape index (κ2) is 8.41. The van der Waals surface area contributed by atoms with Crippen LogP contribution in [-0.4, -0.2) is 42.0 Å². The van der Waals surface area contributed by atoms with E-state index in [0.717, 1.165) is 17.7 Å². The van der Waals surface area contributed by atoms with Gasteiger partial charge in [0, 0.05) is 17.4 Å². The number of nitrogens with one attached hydrogen (secondary N) is 1. The number of amides is 1. The zero-order valence-corrected chi connectivity index (χ0v) is 13.5. The molecule has 1 heterocycles. The summed E-state index contributed by atoms with van der Waals surface area (Å²) in [6.07, 6.45) is 1.56. The van der Waals surface area contributed by atoms with E-state index in [1.807, 2.05) is 18.2 Å². The van der Waals surface area contributed by atoms with Crippen molar-refractivity contribution in [2.75, 3.05) is 19.0 Å². The number of carbonyl (C=O) groups excluding carboxylic acids is 1. The summed E-state index contributed by atoms with van der Waals surface area (Å²) in [5, 5.41) is 12.5. The molecule has 1 fully saturated rings. The molecule has 1 aliphatic heterocycles. The van der Waals surface area contributed by atoms with Crippen molar-refractivity contribution in [1.29, 1.82) is 0 Å². The Bertz CT molecular complexity index is 534. The molecule has 1 aliphatic rings. The van der Waals surface area contributed by atoms with Crippen LogP contribution in [0.2, 0.25) is 5.02 Å². The lowest BCUT2D eigenvalue weighted by atomic mass is 9.94. The van der Waals surface area contributed by atoms with Crippen molar-refractivity contribution in [3.63, 3.8) is 0 Å². The van der Waals surface area contributed by atoms with E-state index in [-0.39, 0.29) is 17.6 Å². The third kappa shape index (κ3) is 4.90. The number of carboxylic acid groups (broad SMARTS) is 1. The van der Waals surface area contributed by atoms with Gasteiger partial charge in [-0.3, -0.25) is 4.79 Å². The number of hydrogen-bond donors (Lipinski definition) is 2. The number of aliphatic carboxylic acids is 1. The minimum Gasteiger partial charge on any atom is -0.480 e. The van der Waals surface area contributed by atoms with Crippen LogP contribution < -0.4 is 5.32 Å². The van der Waals surface area contributed by atoms with E-state index in [1.54, 1.807) is 6.07 Å². The summed E-state index contributed by atoms with van der Waals surface area (Å²) in [6, 6.07) is 6.33. The first-order valence-corrected chi connectivity index (χ1v) is 8.41. The first-order chi connectivity index (χ1) is 10.6. The molecule has 7 heteroatoms. The number of carboxylic acids is 1. The molecular weight excluding hydrogens is 326 g/mol. The molecule has 0 bridgehead atoms. The van der Waals surface area contributed by atoms with E-state index in [2.05, 4.69) is 5.32 Å². The summed E-state index contributed by atoms with van der Waals surface area (Å²) >= 11 is 7.31. The Labute approximate surface area is 138 Å². The summed E-state index contributed by atoms with van der Waals surface area (Å²) in [5.41, 5.74) is 0. The molecule has 5 nitrogen and oxygen atoms in total. The van der Waals surface area contributed by atoms with Crippen molar-refractivity contribution in [3.8, 4) is 0 Å². The summed E-state index contributed by atoms with van der Waals surface area (Å²) in [4.78, 5) is 24.2. The van der Waals surface area contributed by atoms with Crippen LogP contribution in [-0.2, 0) is 14.3 Å². The van der Waals surface area contributed by atoms with Crippen molar-refractivity contribution in [2.45, 2.75) is 23.8 Å². The van der Waals surface area contributed by atoms with Crippen molar-refractivity contribution < 1.29 is 19.4 Å². The fraction of sp³-hybridized carbons (Fsp3) is 0.467. The van der Waals surface area contributed by atoms with E-state index in [1.165, 1.54) is 11.8 Å². The standard InChI is InChI=1S/C15H18ClNO4S/c16-11-5-1-2-6-12(11)22-9-13(18)17-14(15(19)20)10-4-3-7-21-8-10/h1-2,5-6,10,14H,3-4,7-9H2,(H,17,18)(H,19,20). The maximum Gasteiger partial charge on any atom is 0.326 e. The fourth-order valence-electron chi connectivity index (χ4n) is 2.33. The average Bonchev–Trinajstić information content (AvgIpc) is 2.52. The molecule has 1 aromatic rings. The summed E-state index contributed by atoms with van der Waals surface area (Å²) < 4.78 is 5.30. The average molecular weight is 344 g/mol. The molecule has 2 unspecified atom stereocenters. The van der Waals surface area contributed by atoms with Gasteiger partial charge in [-0.15, -0.1) is 11.8 Å². The maximum absolute atomic E-state index is 12.0. The van der Waals surface area contributed by atoms with Crippen molar-refractivity contribution in [2.24, 2.45) is 5.92 Å². The Morgan fingerprint density at radius 1 is 1.45 bits per heavy atom. The Morgan fingerprint density at radius 3 is 2.86 bits per heavy atom. The van der Waals surface area contributed by atoms with Gasteiger partial charge in [-0.25, -0.2) is 4.79 Å². The van der Waals surface area contributed by atoms with Gasteiger partial charge in [-0.05, 0) is 25.0 Å². The monoisotopic (exact) mass is 343 g/mol. The highest BCUT2D eigenvalue weighted by atomic mass is 35.5. The van der Waals surface area contributed by atoms with Crippen LogP contribution in [0.15, 0.2) is 29.2 Å². The molecule has 2 N–H and O–H groups in total. The van der Waals surface area contributed by atoms with E-state index in [4.69, 9.17) is 16.3 Å². The predicted molar refractivity (Wildman–Crippen MR) is 85.3 cm³/mol. The summed E-state index contributed by atoms with van der Waals surface area (Å²) in [5.74, 6) is -1.39. The molecule has 2 rings (SSSR count). The van der Waals surface area contributed by atoms with Gasteiger partial charge in [-0.2, -0.15) is 0 Å². The second-order valence-electron chi connectivity index (χ2n) is 5.08. The van der Waals surface area contributed by atoms with E-state index >= 15 is 0 Å². The SMILES string of the molecule is O=C(CSc1ccccc1Cl)NC(C(=O)O)C1CCCOC1. The minimum absolute atomic E-state index is 0.126. The van der Waals surface area contributed by atoms with Gasteiger partial charge in [0.05, 0.1) is 17.4 Å². The van der Waals surface area contributed by atoms with Crippen LogP contribution >= 0.6 is 23.4 Å². The molecule has 1 aromatic carbocycles. The predicted octanol–water partition coefficient (Wildman–Crippen LogP) is 2.43. The maximum atomic E-state index is 12.0. The number of thioether (sulfide) groups is 1. The van der Waals surface area contributed by atoms with Crippen LogP contribution in [0, 0.1) is 5.92 Å². The second-order valence-corrected chi connectivity index (χ2v) is 6.50. The third-order valence-corrected chi connectivity index (χ3v) is 4.96. The number of halogens is 1. The lowest BCUT2D eigenvalue weighted by Gasteiger charge is -2.28. The minimum atomic E-state index is -1.02. The first kappa shape index (κ1) is 17.1. The van der Waals surface area contributed by atoms with E-state index in [0.29, 0.717) is 18.2 Å². The molecule has 0 aromatic heterocycles. The highest BCUT2D eigenvalue weighted by Crippen LogP contribution is 2.26. The van der Waals surface area contributed by atoms with Crippen LogP contribution in [0.3, 0.4) is 0 Å². The Hall–Kier alpha value is -1.24. The number of hydrogen-bond acceptors (Lipinski definition) is 4. The normalized spacial score (nSPS) is 19.4. The quantitative estimate of drug-likeness (QED) is 0.776. The van der Waals surface area contributed by atoms with Gasteiger partial charge in [0.1, 0.15) is 6.04 Å². The molecular formula is C15H18ClNO4S. The Morgan fingerprint density at radius 2 is 2.23 bits per heavy atom. The zero-order valence-electron chi connectivity index (χ0n) is 12.0. The molecule has 0 aliphatic carbocycles. The van der Waals surface area contributed by atoms with E-state index in [9.17, 15) is 14.7 Å². The van der Waals surface area contributed by atoms with Crippen LogP contribution in [0.25, 0.3) is 0 Å². The van der Waals surface area contributed by atoms with Crippen LogP contribution in [0.1, 0.15) is 12.8 Å². The molecule has 1 amide bonds. The molecule has 1 saturated heterocycles. The highest BCUT2D eigenvalue weighted by Gasteiger charge is 2.31. The molecule has 120 valence electrons. The molecule has 0 radical (unpaired) electrons. The molecule has 0 spiro atoms. The van der Waals surface area contributed by atoms with Gasteiger partial charge in [0.15, 0.2) is 0 Å². The molecule has 2 atom stereocenters. The van der Waals surface area contributed by atoms with Crippen molar-refractivity contribution >= 4 is 35.2 Å². The smallest absolute Gasteiger partial charge is 0.326 e. The van der Waals surface area contributed by atoms with Gasteiger partial charge >= 0.3 is 5.97 Å². The lowest BCUT2D eigenvalue weighted by molar-refractivity contribution is -0.144. The number of rotatable bonds is 6. The van der Waals surface area contributed by atoms with Gasteiger partial charge in [-0.1, -0.05) is 23.7 Å². The summed E-state index contributed by atoms with van der Waals surface area (Å²) in [6.45, 7) is 1.02. The van der Waals surface area contributed by atoms with Crippen molar-refractivity contribution in [1.82, 2.24) is 5.32 Å². The fourth-order valence-corrected chi connectivity index (χ4v) is 3.38. The highest BCUT2D eigenvalue weighted by molar-refractivity contribution is 8.00. The van der Waals surface area contributed by atoms with Crippen LogP contribution in [0.5, 0.6) is 0 Å². The van der Waals surface area contributed by atoms with Gasteiger partial charge in [0.25, 0.3) is 0 Å². The Balaban J connectivity index is 1.88. The number of ether oxygens (including phenoxy) is 1. The number of benzene rings is 1. The topological polar surface area (TPSA) is 75.6 Å².